The highest BCUT2D eigenvalue weighted by atomic mass is 79.9. The fraction of sp³-hybridized carbons (Fsp3) is 0.545. The van der Waals surface area contributed by atoms with Gasteiger partial charge in [0.05, 0.1) is 3.79 Å². The van der Waals surface area contributed by atoms with Crippen molar-refractivity contribution < 1.29 is 9.53 Å². The lowest BCUT2D eigenvalue weighted by Gasteiger charge is -2.21. The first kappa shape index (κ1) is 13.7. The lowest BCUT2D eigenvalue weighted by Crippen LogP contribution is -2.38. The Bertz CT molecular complexity index is 370. The van der Waals surface area contributed by atoms with Crippen LogP contribution in [0.2, 0.25) is 0 Å². The van der Waals surface area contributed by atoms with Crippen LogP contribution in [0.15, 0.2) is 15.2 Å². The number of hydrogen-bond acceptors (Lipinski definition) is 4. The number of ether oxygens (including phenoxy) is 1. The Balaban J connectivity index is 2.52. The monoisotopic (exact) mass is 305 g/mol. The maximum Gasteiger partial charge on any atom is 0.323 e. The maximum atomic E-state index is 11.6. The maximum absolute atomic E-state index is 11.6. The summed E-state index contributed by atoms with van der Waals surface area (Å²) in [6.07, 6.45) is 0.511. The Morgan fingerprint density at radius 1 is 1.62 bits per heavy atom. The van der Waals surface area contributed by atoms with E-state index in [-0.39, 0.29) is 5.97 Å². The van der Waals surface area contributed by atoms with E-state index in [0.29, 0.717) is 6.42 Å². The van der Waals surface area contributed by atoms with Gasteiger partial charge in [0.2, 0.25) is 0 Å². The van der Waals surface area contributed by atoms with Crippen LogP contribution in [0.1, 0.15) is 26.3 Å². The molecule has 1 atom stereocenters. The van der Waals surface area contributed by atoms with Crippen molar-refractivity contribution >= 4 is 33.2 Å². The zero-order valence-corrected chi connectivity index (χ0v) is 12.0. The molecule has 0 spiro atoms. The average molecular weight is 306 g/mol. The number of thiophene rings is 1. The van der Waals surface area contributed by atoms with Crippen LogP contribution in [0, 0.1) is 0 Å². The predicted octanol–water partition coefficient (Wildman–Crippen LogP) is 2.72. The van der Waals surface area contributed by atoms with Gasteiger partial charge in [0.15, 0.2) is 0 Å². The third kappa shape index (κ3) is 4.63. The van der Waals surface area contributed by atoms with E-state index in [0.717, 1.165) is 9.35 Å². The molecule has 3 nitrogen and oxygen atoms in total. The summed E-state index contributed by atoms with van der Waals surface area (Å²) in [6, 6.07) is 1.37. The smallest absolute Gasteiger partial charge is 0.323 e. The number of carbonyl (C=O) groups is 1. The summed E-state index contributed by atoms with van der Waals surface area (Å²) in [4.78, 5) is 11.6. The molecule has 0 aliphatic rings. The topological polar surface area (TPSA) is 52.3 Å². The van der Waals surface area contributed by atoms with E-state index in [1.165, 1.54) is 0 Å². The molecule has 1 heterocycles. The molecule has 1 aromatic rings. The summed E-state index contributed by atoms with van der Waals surface area (Å²) in [5, 5.41) is 1.98. The van der Waals surface area contributed by atoms with Gasteiger partial charge in [-0.3, -0.25) is 4.79 Å². The molecular formula is C11H16BrNO2S. The SMILES string of the molecule is CC(C)(C)OC(=O)[C@H](N)Cc1csc(Br)c1. The highest BCUT2D eigenvalue weighted by Crippen LogP contribution is 2.21. The van der Waals surface area contributed by atoms with Gasteiger partial charge in [0, 0.05) is 0 Å². The van der Waals surface area contributed by atoms with E-state index in [1.807, 2.05) is 32.2 Å². The number of esters is 1. The van der Waals surface area contributed by atoms with Crippen LogP contribution in [-0.4, -0.2) is 17.6 Å². The third-order valence-electron chi connectivity index (χ3n) is 1.79. The second-order valence-electron chi connectivity index (χ2n) is 4.60. The second-order valence-corrected chi connectivity index (χ2v) is 6.89. The third-order valence-corrected chi connectivity index (χ3v) is 3.34. The summed E-state index contributed by atoms with van der Waals surface area (Å²) in [7, 11) is 0. The molecule has 1 aromatic heterocycles. The van der Waals surface area contributed by atoms with Crippen molar-refractivity contribution in [1.82, 2.24) is 0 Å². The molecule has 0 fully saturated rings. The van der Waals surface area contributed by atoms with Crippen molar-refractivity contribution in [3.8, 4) is 0 Å². The van der Waals surface area contributed by atoms with Crippen molar-refractivity contribution in [1.29, 1.82) is 0 Å². The Kier molecular flexibility index (Phi) is 4.52. The van der Waals surface area contributed by atoms with Crippen molar-refractivity contribution in [3.05, 3.63) is 20.8 Å². The first-order chi connectivity index (χ1) is 7.28. The second kappa shape index (κ2) is 5.29. The number of hydrogen-bond donors (Lipinski definition) is 1. The van der Waals surface area contributed by atoms with Gasteiger partial charge in [0.1, 0.15) is 11.6 Å². The fourth-order valence-electron chi connectivity index (χ4n) is 1.17. The lowest BCUT2D eigenvalue weighted by molar-refractivity contribution is -0.156. The zero-order chi connectivity index (χ0) is 12.3. The minimum atomic E-state index is -0.597. The van der Waals surface area contributed by atoms with Crippen LogP contribution in [0.3, 0.4) is 0 Å². The van der Waals surface area contributed by atoms with Gasteiger partial charge in [-0.05, 0) is 60.1 Å². The Hall–Kier alpha value is -0.390. The summed E-state index contributed by atoms with van der Waals surface area (Å²) in [6.45, 7) is 5.50. The average Bonchev–Trinajstić information content (AvgIpc) is 2.48. The molecule has 0 bridgehead atoms. The van der Waals surface area contributed by atoms with Crippen LogP contribution in [0.4, 0.5) is 0 Å². The highest BCUT2D eigenvalue weighted by molar-refractivity contribution is 9.11. The van der Waals surface area contributed by atoms with E-state index in [4.69, 9.17) is 10.5 Å². The molecule has 90 valence electrons. The molecule has 0 aliphatic carbocycles. The van der Waals surface area contributed by atoms with E-state index in [9.17, 15) is 4.79 Å². The van der Waals surface area contributed by atoms with Crippen molar-refractivity contribution in [2.45, 2.75) is 38.8 Å². The molecular weight excluding hydrogens is 290 g/mol. The van der Waals surface area contributed by atoms with Crippen molar-refractivity contribution in [2.24, 2.45) is 5.73 Å². The summed E-state index contributed by atoms with van der Waals surface area (Å²) in [5.74, 6) is -0.352. The van der Waals surface area contributed by atoms with E-state index in [1.54, 1.807) is 11.3 Å². The Morgan fingerprint density at radius 3 is 2.69 bits per heavy atom. The number of rotatable bonds is 3. The molecule has 0 radical (unpaired) electrons. The molecule has 16 heavy (non-hydrogen) atoms. The molecule has 5 heteroatoms. The molecule has 0 saturated heterocycles. The van der Waals surface area contributed by atoms with E-state index in [2.05, 4.69) is 15.9 Å². The van der Waals surface area contributed by atoms with Crippen LogP contribution < -0.4 is 5.73 Å². The zero-order valence-electron chi connectivity index (χ0n) is 9.62. The first-order valence-corrected chi connectivity index (χ1v) is 6.66. The van der Waals surface area contributed by atoms with Gasteiger partial charge in [0.25, 0.3) is 0 Å². The van der Waals surface area contributed by atoms with Gasteiger partial charge < -0.3 is 10.5 Å². The van der Waals surface area contributed by atoms with Crippen molar-refractivity contribution in [2.75, 3.05) is 0 Å². The molecule has 0 unspecified atom stereocenters. The fourth-order valence-corrected chi connectivity index (χ4v) is 2.39. The van der Waals surface area contributed by atoms with Gasteiger partial charge >= 0.3 is 5.97 Å². The van der Waals surface area contributed by atoms with Crippen LogP contribution in [0.5, 0.6) is 0 Å². The van der Waals surface area contributed by atoms with Gasteiger partial charge in [-0.2, -0.15) is 0 Å². The normalized spacial score (nSPS) is 13.6. The molecule has 0 saturated carbocycles. The highest BCUT2D eigenvalue weighted by Gasteiger charge is 2.22. The number of halogens is 1. The molecule has 0 aliphatic heterocycles. The first-order valence-electron chi connectivity index (χ1n) is 4.99. The minimum Gasteiger partial charge on any atom is -0.459 e. The van der Waals surface area contributed by atoms with Gasteiger partial charge in [-0.1, -0.05) is 0 Å². The summed E-state index contributed by atoms with van der Waals surface area (Å²) < 4.78 is 6.25. The minimum absolute atomic E-state index is 0.352. The molecule has 0 amide bonds. The lowest BCUT2D eigenvalue weighted by atomic mass is 10.1. The van der Waals surface area contributed by atoms with Gasteiger partial charge in [-0.25, -0.2) is 0 Å². The van der Waals surface area contributed by atoms with E-state index < -0.39 is 11.6 Å². The summed E-state index contributed by atoms with van der Waals surface area (Å²) in [5.41, 5.74) is 6.35. The molecule has 1 rings (SSSR count). The van der Waals surface area contributed by atoms with Crippen LogP contribution in [0.25, 0.3) is 0 Å². The van der Waals surface area contributed by atoms with E-state index >= 15 is 0 Å². The largest absolute Gasteiger partial charge is 0.459 e. The summed E-state index contributed by atoms with van der Waals surface area (Å²) >= 11 is 4.95. The molecule has 2 N–H and O–H groups in total. The Morgan fingerprint density at radius 2 is 2.25 bits per heavy atom. The van der Waals surface area contributed by atoms with Crippen LogP contribution in [-0.2, 0) is 16.0 Å². The number of carbonyl (C=O) groups excluding carboxylic acids is 1. The quantitative estimate of drug-likeness (QED) is 0.874. The van der Waals surface area contributed by atoms with Crippen LogP contribution >= 0.6 is 27.3 Å². The Labute approximate surface area is 108 Å². The standard InChI is InChI=1S/C11H16BrNO2S/c1-11(2,3)15-10(14)8(13)4-7-5-9(12)16-6-7/h5-6,8H,4,13H2,1-3H3/t8-/m1/s1. The van der Waals surface area contributed by atoms with Crippen molar-refractivity contribution in [3.63, 3.8) is 0 Å². The number of nitrogens with two attached hydrogens (primary N) is 1. The predicted molar refractivity (Wildman–Crippen MR) is 69.5 cm³/mol. The molecule has 0 aromatic carbocycles. The van der Waals surface area contributed by atoms with Gasteiger partial charge in [-0.15, -0.1) is 11.3 Å².